The van der Waals surface area contributed by atoms with Crippen LogP contribution in [0.5, 0.6) is 5.75 Å². The molecular weight excluding hydrogens is 302 g/mol. The van der Waals surface area contributed by atoms with E-state index in [4.69, 9.17) is 9.47 Å². The van der Waals surface area contributed by atoms with E-state index in [2.05, 4.69) is 41.6 Å². The Morgan fingerprint density at radius 2 is 2.08 bits per heavy atom. The van der Waals surface area contributed by atoms with Gasteiger partial charge in [0.15, 0.2) is 5.75 Å². The van der Waals surface area contributed by atoms with E-state index in [-0.39, 0.29) is 12.1 Å². The highest BCUT2D eigenvalue weighted by Crippen LogP contribution is 2.38. The molecule has 0 bridgehead atoms. The number of nitrogens with zero attached hydrogens (tertiary/aromatic N) is 2. The van der Waals surface area contributed by atoms with Gasteiger partial charge in [-0.3, -0.25) is 4.68 Å². The Bertz CT molecular complexity index is 693. The Hall–Kier alpha value is -1.85. The van der Waals surface area contributed by atoms with Crippen molar-refractivity contribution < 1.29 is 9.47 Å². The first-order chi connectivity index (χ1) is 11.7. The third kappa shape index (κ3) is 3.19. The van der Waals surface area contributed by atoms with Crippen LogP contribution < -0.4 is 10.1 Å². The second-order valence-electron chi connectivity index (χ2n) is 7.04. The van der Waals surface area contributed by atoms with Gasteiger partial charge in [0.2, 0.25) is 0 Å². The van der Waals surface area contributed by atoms with Crippen molar-refractivity contribution in [2.45, 2.75) is 43.9 Å². The molecule has 0 amide bonds. The maximum absolute atomic E-state index is 6.04. The van der Waals surface area contributed by atoms with E-state index in [1.165, 1.54) is 24.0 Å². The van der Waals surface area contributed by atoms with Crippen molar-refractivity contribution in [1.29, 1.82) is 0 Å². The Balaban J connectivity index is 1.30. The van der Waals surface area contributed by atoms with Crippen molar-refractivity contribution in [3.63, 3.8) is 0 Å². The SMILES string of the molecule is Cc1ccccc1C1CC(N[C@H]2COC[C@H]2Oc2cnn(C)c2)C1. The summed E-state index contributed by atoms with van der Waals surface area (Å²) in [5.74, 6) is 1.50. The van der Waals surface area contributed by atoms with Crippen LogP contribution in [0, 0.1) is 6.92 Å². The molecule has 0 radical (unpaired) electrons. The average Bonchev–Trinajstić information content (AvgIpc) is 3.13. The minimum absolute atomic E-state index is 0.0618. The second-order valence-corrected chi connectivity index (χ2v) is 7.04. The normalized spacial score (nSPS) is 29.4. The molecule has 1 aliphatic carbocycles. The van der Waals surface area contributed by atoms with Gasteiger partial charge in [0, 0.05) is 13.1 Å². The third-order valence-electron chi connectivity index (χ3n) is 5.21. The molecule has 2 atom stereocenters. The molecule has 2 heterocycles. The lowest BCUT2D eigenvalue weighted by Gasteiger charge is -2.39. The van der Waals surface area contributed by atoms with Gasteiger partial charge in [-0.25, -0.2) is 0 Å². The molecule has 2 aromatic rings. The van der Waals surface area contributed by atoms with Crippen LogP contribution in [0.1, 0.15) is 29.9 Å². The first kappa shape index (κ1) is 15.7. The molecule has 0 unspecified atom stereocenters. The van der Waals surface area contributed by atoms with Crippen LogP contribution in [0.3, 0.4) is 0 Å². The van der Waals surface area contributed by atoms with E-state index >= 15 is 0 Å². The zero-order valence-electron chi connectivity index (χ0n) is 14.3. The highest BCUT2D eigenvalue weighted by Gasteiger charge is 2.37. The van der Waals surface area contributed by atoms with E-state index in [9.17, 15) is 0 Å². The molecule has 1 aliphatic heterocycles. The number of aryl methyl sites for hydroxylation is 2. The van der Waals surface area contributed by atoms with Gasteiger partial charge in [0.1, 0.15) is 6.10 Å². The van der Waals surface area contributed by atoms with Crippen LogP contribution in [-0.2, 0) is 11.8 Å². The van der Waals surface area contributed by atoms with Gasteiger partial charge >= 0.3 is 0 Å². The van der Waals surface area contributed by atoms with Gasteiger partial charge in [-0.1, -0.05) is 24.3 Å². The van der Waals surface area contributed by atoms with Crippen molar-refractivity contribution in [2.24, 2.45) is 7.05 Å². The smallest absolute Gasteiger partial charge is 0.157 e. The molecule has 5 nitrogen and oxygen atoms in total. The Kier molecular flexibility index (Phi) is 4.29. The molecule has 1 aromatic heterocycles. The molecule has 1 aromatic carbocycles. The lowest BCUT2D eigenvalue weighted by molar-refractivity contribution is 0.136. The summed E-state index contributed by atoms with van der Waals surface area (Å²) in [5.41, 5.74) is 2.91. The zero-order valence-corrected chi connectivity index (χ0v) is 14.3. The second kappa shape index (κ2) is 6.57. The fourth-order valence-electron chi connectivity index (χ4n) is 3.80. The standard InChI is InChI=1S/C19H25N3O2/c1-13-5-3-4-6-17(13)14-7-15(8-14)21-18-11-23-12-19(18)24-16-9-20-22(2)10-16/h3-6,9-10,14-15,18-19,21H,7-8,11-12H2,1-2H3/t14?,15?,18-,19+/m0/s1. The van der Waals surface area contributed by atoms with Crippen molar-refractivity contribution in [2.75, 3.05) is 13.2 Å². The summed E-state index contributed by atoms with van der Waals surface area (Å²) >= 11 is 0. The predicted octanol–water partition coefficient (Wildman–Crippen LogP) is 2.41. The maximum atomic E-state index is 6.04. The molecule has 1 saturated heterocycles. The quantitative estimate of drug-likeness (QED) is 0.916. The Morgan fingerprint density at radius 3 is 2.83 bits per heavy atom. The average molecular weight is 327 g/mol. The maximum Gasteiger partial charge on any atom is 0.157 e. The fourth-order valence-corrected chi connectivity index (χ4v) is 3.80. The fraction of sp³-hybridized carbons (Fsp3) is 0.526. The van der Waals surface area contributed by atoms with E-state index in [0.29, 0.717) is 18.6 Å². The van der Waals surface area contributed by atoms with Crippen molar-refractivity contribution in [1.82, 2.24) is 15.1 Å². The molecule has 4 rings (SSSR count). The molecule has 2 fully saturated rings. The molecule has 0 spiro atoms. The molecule has 24 heavy (non-hydrogen) atoms. The topological polar surface area (TPSA) is 48.3 Å². The molecular formula is C19H25N3O2. The number of nitrogens with one attached hydrogen (secondary N) is 1. The van der Waals surface area contributed by atoms with Gasteiger partial charge in [0.25, 0.3) is 0 Å². The number of aromatic nitrogens is 2. The highest BCUT2D eigenvalue weighted by atomic mass is 16.5. The summed E-state index contributed by atoms with van der Waals surface area (Å²) in [6.45, 7) is 3.57. The van der Waals surface area contributed by atoms with E-state index in [0.717, 1.165) is 12.4 Å². The monoisotopic (exact) mass is 327 g/mol. The van der Waals surface area contributed by atoms with Gasteiger partial charge in [0.05, 0.1) is 31.6 Å². The van der Waals surface area contributed by atoms with Crippen molar-refractivity contribution in [3.05, 3.63) is 47.8 Å². The first-order valence-electron chi connectivity index (χ1n) is 8.73. The van der Waals surface area contributed by atoms with Gasteiger partial charge in [-0.15, -0.1) is 0 Å². The lowest BCUT2D eigenvalue weighted by Crippen LogP contribution is -2.51. The first-order valence-corrected chi connectivity index (χ1v) is 8.73. The van der Waals surface area contributed by atoms with E-state index < -0.39 is 0 Å². The van der Waals surface area contributed by atoms with Crippen LogP contribution >= 0.6 is 0 Å². The summed E-state index contributed by atoms with van der Waals surface area (Å²) in [5, 5.41) is 7.89. The van der Waals surface area contributed by atoms with E-state index in [1.807, 2.05) is 13.2 Å². The van der Waals surface area contributed by atoms with Gasteiger partial charge in [-0.2, -0.15) is 5.10 Å². The van der Waals surface area contributed by atoms with E-state index in [1.54, 1.807) is 10.9 Å². The number of rotatable bonds is 5. The number of ether oxygens (including phenoxy) is 2. The largest absolute Gasteiger partial charge is 0.483 e. The van der Waals surface area contributed by atoms with Crippen LogP contribution in [0.25, 0.3) is 0 Å². The Labute approximate surface area is 143 Å². The molecule has 1 saturated carbocycles. The Morgan fingerprint density at radius 1 is 1.25 bits per heavy atom. The summed E-state index contributed by atoms with van der Waals surface area (Å²) < 4.78 is 13.4. The lowest BCUT2D eigenvalue weighted by atomic mass is 9.74. The minimum Gasteiger partial charge on any atom is -0.483 e. The number of hydrogen-bond acceptors (Lipinski definition) is 4. The van der Waals surface area contributed by atoms with Gasteiger partial charge < -0.3 is 14.8 Å². The molecule has 2 aliphatic rings. The summed E-state index contributed by atoms with van der Waals surface area (Å²) in [6.07, 6.45) is 6.11. The van der Waals surface area contributed by atoms with Crippen LogP contribution in [0.15, 0.2) is 36.7 Å². The van der Waals surface area contributed by atoms with Gasteiger partial charge in [-0.05, 0) is 36.8 Å². The van der Waals surface area contributed by atoms with Crippen molar-refractivity contribution >= 4 is 0 Å². The summed E-state index contributed by atoms with van der Waals surface area (Å²) in [7, 11) is 1.90. The van der Waals surface area contributed by atoms with Crippen LogP contribution in [0.4, 0.5) is 0 Å². The minimum atomic E-state index is 0.0618. The molecule has 5 heteroatoms. The zero-order chi connectivity index (χ0) is 16.5. The number of benzene rings is 1. The highest BCUT2D eigenvalue weighted by molar-refractivity contribution is 5.31. The molecule has 128 valence electrons. The van der Waals surface area contributed by atoms with Crippen LogP contribution in [-0.4, -0.2) is 41.2 Å². The molecule has 1 N–H and O–H groups in total. The number of hydrogen-bond donors (Lipinski definition) is 1. The third-order valence-corrected chi connectivity index (χ3v) is 5.21. The summed E-state index contributed by atoms with van der Waals surface area (Å²) in [6, 6.07) is 9.55. The predicted molar refractivity (Wildman–Crippen MR) is 92.3 cm³/mol. The summed E-state index contributed by atoms with van der Waals surface area (Å²) in [4.78, 5) is 0. The van der Waals surface area contributed by atoms with Crippen LogP contribution in [0.2, 0.25) is 0 Å². The van der Waals surface area contributed by atoms with Crippen molar-refractivity contribution in [3.8, 4) is 5.75 Å².